The predicted molar refractivity (Wildman–Crippen MR) is 80.7 cm³/mol. The van der Waals surface area contributed by atoms with Crippen molar-refractivity contribution in [2.45, 2.75) is 25.3 Å². The highest BCUT2D eigenvalue weighted by atomic mass is 19.4. The molecule has 0 aliphatic rings. The van der Waals surface area contributed by atoms with E-state index in [-0.39, 0.29) is 11.6 Å². The van der Waals surface area contributed by atoms with Crippen molar-refractivity contribution >= 4 is 5.91 Å². The molecule has 0 bridgehead atoms. The lowest BCUT2D eigenvalue weighted by Crippen LogP contribution is -2.23. The third-order valence-electron chi connectivity index (χ3n) is 3.45. The lowest BCUT2D eigenvalue weighted by Gasteiger charge is -2.14. The molecule has 158 valence electrons. The quantitative estimate of drug-likeness (QED) is 0.645. The molecular weight excluding hydrogens is 421 g/mol. The van der Waals surface area contributed by atoms with E-state index in [0.717, 1.165) is 24.3 Å². The van der Waals surface area contributed by atoms with E-state index >= 15 is 0 Å². The van der Waals surface area contributed by atoms with Crippen LogP contribution in [0.5, 0.6) is 5.75 Å². The highest BCUT2D eigenvalue weighted by Crippen LogP contribution is 2.36. The van der Waals surface area contributed by atoms with Crippen molar-refractivity contribution in [2.75, 3.05) is 0 Å². The van der Waals surface area contributed by atoms with Gasteiger partial charge in [-0.3, -0.25) is 4.79 Å². The monoisotopic (exact) mass is 431 g/mol. The topological polar surface area (TPSA) is 38.3 Å². The van der Waals surface area contributed by atoms with Gasteiger partial charge in [-0.15, -0.1) is 13.2 Å². The lowest BCUT2D eigenvalue weighted by atomic mass is 10.0. The number of rotatable bonds is 4. The van der Waals surface area contributed by atoms with Gasteiger partial charge in [-0.05, 0) is 48.0 Å². The largest absolute Gasteiger partial charge is 0.573 e. The normalized spacial score (nSPS) is 12.6. The van der Waals surface area contributed by atoms with Crippen LogP contribution in [0.2, 0.25) is 0 Å². The molecule has 0 spiro atoms. The molecule has 0 aliphatic carbocycles. The van der Waals surface area contributed by atoms with Gasteiger partial charge >= 0.3 is 18.7 Å². The van der Waals surface area contributed by atoms with Crippen molar-refractivity contribution in [1.29, 1.82) is 0 Å². The van der Waals surface area contributed by atoms with Gasteiger partial charge in [0, 0.05) is 12.1 Å². The molecule has 3 nitrogen and oxygen atoms in total. The third-order valence-corrected chi connectivity index (χ3v) is 3.45. The molecule has 1 amide bonds. The zero-order chi connectivity index (χ0) is 22.0. The Morgan fingerprint density at radius 2 is 1.28 bits per heavy atom. The molecule has 2 aromatic carbocycles. The second-order valence-corrected chi connectivity index (χ2v) is 5.67. The van der Waals surface area contributed by atoms with Gasteiger partial charge in [0.25, 0.3) is 5.91 Å². The van der Waals surface area contributed by atoms with Gasteiger partial charge in [0.2, 0.25) is 0 Å². The van der Waals surface area contributed by atoms with Crippen LogP contribution in [-0.4, -0.2) is 12.3 Å². The van der Waals surface area contributed by atoms with E-state index in [2.05, 4.69) is 10.1 Å². The average Bonchev–Trinajstić information content (AvgIpc) is 2.57. The second kappa shape index (κ2) is 7.84. The lowest BCUT2D eigenvalue weighted by molar-refractivity contribution is -0.274. The number of carbonyl (C=O) groups excluding carboxylic acids is 1. The van der Waals surface area contributed by atoms with E-state index in [1.54, 1.807) is 0 Å². The minimum atomic E-state index is -5.03. The maximum Gasteiger partial charge on any atom is 0.573 e. The maximum atomic E-state index is 12.8. The first-order chi connectivity index (χ1) is 13.1. The summed E-state index contributed by atoms with van der Waals surface area (Å²) in [5.74, 6) is -1.53. The Balaban J connectivity index is 2.15. The van der Waals surface area contributed by atoms with E-state index in [9.17, 15) is 44.3 Å². The molecule has 2 aromatic rings. The Hall–Kier alpha value is -2.92. The van der Waals surface area contributed by atoms with Crippen LogP contribution in [0, 0.1) is 0 Å². The van der Waals surface area contributed by atoms with Crippen LogP contribution in [0.4, 0.5) is 39.5 Å². The molecular formula is C17H10F9NO2. The number of alkyl halides is 9. The van der Waals surface area contributed by atoms with Gasteiger partial charge in [0.1, 0.15) is 5.75 Å². The summed E-state index contributed by atoms with van der Waals surface area (Å²) in [6, 6.07) is 4.41. The number of amides is 1. The number of carbonyl (C=O) groups is 1. The summed E-state index contributed by atoms with van der Waals surface area (Å²) in [5.41, 5.74) is -3.71. The molecule has 0 aliphatic heterocycles. The summed E-state index contributed by atoms with van der Waals surface area (Å²) in [4.78, 5) is 12.0. The minimum absolute atomic E-state index is 0.0509. The van der Waals surface area contributed by atoms with Crippen molar-refractivity contribution < 1.29 is 49.0 Å². The van der Waals surface area contributed by atoms with Gasteiger partial charge in [-0.1, -0.05) is 0 Å². The summed E-state index contributed by atoms with van der Waals surface area (Å²) in [6.07, 6.45) is -15.0. The van der Waals surface area contributed by atoms with Gasteiger partial charge in [-0.25, -0.2) is 0 Å². The van der Waals surface area contributed by atoms with Crippen LogP contribution >= 0.6 is 0 Å². The molecule has 0 aromatic heterocycles. The van der Waals surface area contributed by atoms with Crippen molar-refractivity contribution in [3.8, 4) is 5.75 Å². The minimum Gasteiger partial charge on any atom is -0.406 e. The molecule has 29 heavy (non-hydrogen) atoms. The number of hydrogen-bond acceptors (Lipinski definition) is 2. The smallest absolute Gasteiger partial charge is 0.406 e. The first-order valence-corrected chi connectivity index (χ1v) is 7.57. The van der Waals surface area contributed by atoms with Crippen LogP contribution in [-0.2, 0) is 18.9 Å². The van der Waals surface area contributed by atoms with Crippen molar-refractivity contribution in [1.82, 2.24) is 5.32 Å². The van der Waals surface area contributed by atoms with Crippen molar-refractivity contribution in [3.05, 3.63) is 64.7 Å². The van der Waals surface area contributed by atoms with E-state index < -0.39 is 53.6 Å². The summed E-state index contributed by atoms with van der Waals surface area (Å²) in [6.45, 7) is -0.674. The molecule has 0 heterocycles. The van der Waals surface area contributed by atoms with E-state index in [0.29, 0.717) is 12.1 Å². The molecule has 1 N–H and O–H groups in total. The summed E-state index contributed by atoms with van der Waals surface area (Å²) >= 11 is 0. The Kier molecular flexibility index (Phi) is 6.04. The van der Waals surface area contributed by atoms with E-state index in [1.165, 1.54) is 0 Å². The molecule has 0 fully saturated rings. The number of nitrogens with one attached hydrogen (secondary N) is 1. The summed E-state index contributed by atoms with van der Waals surface area (Å²) < 4.78 is 117. The first-order valence-electron chi connectivity index (χ1n) is 7.57. The molecule has 12 heteroatoms. The van der Waals surface area contributed by atoms with Crippen LogP contribution in [0.15, 0.2) is 42.5 Å². The van der Waals surface area contributed by atoms with Crippen LogP contribution < -0.4 is 10.1 Å². The van der Waals surface area contributed by atoms with Crippen LogP contribution in [0.1, 0.15) is 27.0 Å². The van der Waals surface area contributed by atoms with Gasteiger partial charge in [-0.2, -0.15) is 26.3 Å². The highest BCUT2D eigenvalue weighted by Gasteiger charge is 2.37. The Morgan fingerprint density at radius 1 is 0.793 bits per heavy atom. The molecule has 0 unspecified atom stereocenters. The fourth-order valence-electron chi connectivity index (χ4n) is 2.21. The van der Waals surface area contributed by atoms with Gasteiger partial charge in [0.15, 0.2) is 0 Å². The number of halogens is 9. The van der Waals surface area contributed by atoms with E-state index in [4.69, 9.17) is 0 Å². The number of ether oxygens (including phenoxy) is 1. The fourth-order valence-corrected chi connectivity index (χ4v) is 2.21. The number of hydrogen-bond donors (Lipinski definition) is 1. The third kappa shape index (κ3) is 6.57. The predicted octanol–water partition coefficient (Wildman–Crippen LogP) is 5.55. The zero-order valence-electron chi connectivity index (χ0n) is 14.0. The number of benzene rings is 2. The fraction of sp³-hybridized carbons (Fsp3) is 0.235. The standard InChI is InChI=1S/C17H10F9NO2/c18-15(19,20)11-5-9(6-12(7-11)16(21,22)23)8-27-14(28)10-1-3-13(4-2-10)29-17(24,25)26/h1-7H,8H2,(H,27,28). The Labute approximate surface area is 157 Å². The van der Waals surface area contributed by atoms with Crippen LogP contribution in [0.25, 0.3) is 0 Å². The molecule has 0 saturated heterocycles. The van der Waals surface area contributed by atoms with Crippen LogP contribution in [0.3, 0.4) is 0 Å². The summed E-state index contributed by atoms with van der Waals surface area (Å²) in [5, 5.41) is 2.10. The molecule has 2 rings (SSSR count). The molecule has 0 atom stereocenters. The SMILES string of the molecule is O=C(NCc1cc(C(F)(F)F)cc(C(F)(F)F)c1)c1ccc(OC(F)(F)F)cc1. The second-order valence-electron chi connectivity index (χ2n) is 5.67. The van der Waals surface area contributed by atoms with Crippen molar-refractivity contribution in [2.24, 2.45) is 0 Å². The molecule has 0 saturated carbocycles. The average molecular weight is 431 g/mol. The molecule has 0 radical (unpaired) electrons. The van der Waals surface area contributed by atoms with Gasteiger partial charge in [0.05, 0.1) is 11.1 Å². The van der Waals surface area contributed by atoms with Crippen molar-refractivity contribution in [3.63, 3.8) is 0 Å². The summed E-state index contributed by atoms with van der Waals surface area (Å²) in [7, 11) is 0. The maximum absolute atomic E-state index is 12.8. The Morgan fingerprint density at radius 3 is 1.69 bits per heavy atom. The van der Waals surface area contributed by atoms with E-state index in [1.807, 2.05) is 0 Å². The first kappa shape index (κ1) is 22.4. The Bertz CT molecular complexity index is 836. The van der Waals surface area contributed by atoms with Gasteiger partial charge < -0.3 is 10.1 Å². The zero-order valence-corrected chi connectivity index (χ0v) is 14.0. The highest BCUT2D eigenvalue weighted by molar-refractivity contribution is 5.94.